The van der Waals surface area contributed by atoms with Crippen molar-refractivity contribution in [2.45, 2.75) is 31.5 Å². The Hall–Kier alpha value is -2.77. The minimum absolute atomic E-state index is 0.0869. The predicted octanol–water partition coefficient (Wildman–Crippen LogP) is 4.31. The predicted molar refractivity (Wildman–Crippen MR) is 87.0 cm³/mol. The highest BCUT2D eigenvalue weighted by atomic mass is 19.4. The number of fused-ring (bicyclic) bond motifs is 3. The van der Waals surface area contributed by atoms with Crippen LogP contribution in [0.1, 0.15) is 35.6 Å². The Labute approximate surface area is 141 Å². The van der Waals surface area contributed by atoms with E-state index in [1.54, 1.807) is 6.26 Å². The van der Waals surface area contributed by atoms with E-state index >= 15 is 0 Å². The summed E-state index contributed by atoms with van der Waals surface area (Å²) in [6.07, 6.45) is 0.509. The number of nitrogens with two attached hydrogens (primary N) is 1. The molecule has 0 bridgehead atoms. The van der Waals surface area contributed by atoms with E-state index in [1.165, 1.54) is 5.56 Å². The minimum Gasteiger partial charge on any atom is -0.464 e. The molecular formula is C17H15F3N4O. The van der Waals surface area contributed by atoms with Gasteiger partial charge in [0.15, 0.2) is 0 Å². The van der Waals surface area contributed by atoms with Crippen molar-refractivity contribution in [3.8, 4) is 0 Å². The number of hydrogen-bond acceptors (Lipinski definition) is 5. The summed E-state index contributed by atoms with van der Waals surface area (Å²) < 4.78 is 43.8. The summed E-state index contributed by atoms with van der Waals surface area (Å²) in [5, 5.41) is 4.12. The molecule has 4 rings (SSSR count). The lowest BCUT2D eigenvalue weighted by Crippen LogP contribution is -2.20. The Morgan fingerprint density at radius 2 is 2.08 bits per heavy atom. The minimum atomic E-state index is -4.57. The Bertz CT molecular complexity index is 935. The number of hydrogen-bond donors (Lipinski definition) is 2. The normalized spacial score (nSPS) is 17.5. The van der Waals surface area contributed by atoms with Gasteiger partial charge in [-0.2, -0.15) is 18.2 Å². The Morgan fingerprint density at radius 3 is 2.84 bits per heavy atom. The van der Waals surface area contributed by atoms with E-state index in [-0.39, 0.29) is 12.0 Å². The van der Waals surface area contributed by atoms with Crippen LogP contribution in [0.3, 0.4) is 0 Å². The molecule has 3 aromatic rings. The van der Waals surface area contributed by atoms with Crippen LogP contribution in [0, 0.1) is 0 Å². The number of nitrogens with one attached hydrogen (secondary N) is 1. The molecular weight excluding hydrogens is 333 g/mol. The van der Waals surface area contributed by atoms with E-state index in [0.29, 0.717) is 6.20 Å². The number of benzene rings is 1. The number of rotatable bonds is 2. The zero-order valence-electron chi connectivity index (χ0n) is 13.1. The summed E-state index contributed by atoms with van der Waals surface area (Å²) in [6, 6.07) is 5.75. The van der Waals surface area contributed by atoms with Crippen molar-refractivity contribution in [3.63, 3.8) is 0 Å². The molecule has 8 heteroatoms. The van der Waals surface area contributed by atoms with Crippen LogP contribution in [0.15, 0.2) is 35.1 Å². The number of nitrogen functional groups attached to an aromatic ring is 1. The first-order valence-corrected chi connectivity index (χ1v) is 7.88. The first kappa shape index (κ1) is 15.7. The molecule has 0 saturated carbocycles. The maximum absolute atomic E-state index is 12.8. The van der Waals surface area contributed by atoms with Crippen LogP contribution in [-0.4, -0.2) is 9.97 Å². The zero-order chi connectivity index (χ0) is 17.6. The SMILES string of the molecule is Nc1nc(N[C@@H]2CCCc3ccc4occc4c32)ncc1C(F)(F)F. The summed E-state index contributed by atoms with van der Waals surface area (Å²) in [7, 11) is 0. The van der Waals surface area contributed by atoms with Gasteiger partial charge in [0.05, 0.1) is 12.3 Å². The van der Waals surface area contributed by atoms with Crippen LogP contribution < -0.4 is 11.1 Å². The molecule has 0 spiro atoms. The van der Waals surface area contributed by atoms with E-state index in [2.05, 4.69) is 15.3 Å². The van der Waals surface area contributed by atoms with Crippen LogP contribution in [0.25, 0.3) is 11.0 Å². The molecule has 3 N–H and O–H groups in total. The van der Waals surface area contributed by atoms with Crippen LogP contribution in [0.5, 0.6) is 0 Å². The maximum atomic E-state index is 12.8. The molecule has 1 aliphatic rings. The van der Waals surface area contributed by atoms with Gasteiger partial charge < -0.3 is 15.5 Å². The standard InChI is InChI=1S/C17H15F3N4O/c18-17(19,20)11-8-22-16(24-15(11)21)23-12-3-1-2-9-4-5-13-10(14(9)12)6-7-25-13/h4-8,12H,1-3H2,(H3,21,22,23,24)/t12-/m1/s1. The Kier molecular flexibility index (Phi) is 3.55. The molecule has 130 valence electrons. The fourth-order valence-electron chi connectivity index (χ4n) is 3.37. The average Bonchev–Trinajstić information content (AvgIpc) is 3.02. The van der Waals surface area contributed by atoms with E-state index in [1.807, 2.05) is 18.2 Å². The van der Waals surface area contributed by atoms with Gasteiger partial charge in [-0.1, -0.05) is 6.07 Å². The van der Waals surface area contributed by atoms with Crippen molar-refractivity contribution in [2.75, 3.05) is 11.1 Å². The van der Waals surface area contributed by atoms with Gasteiger partial charge in [-0.05, 0) is 42.5 Å². The molecule has 0 radical (unpaired) electrons. The molecule has 2 aromatic heterocycles. The lowest BCUT2D eigenvalue weighted by atomic mass is 9.85. The number of alkyl halides is 3. The largest absolute Gasteiger partial charge is 0.464 e. The van der Waals surface area contributed by atoms with E-state index in [9.17, 15) is 13.2 Å². The molecule has 2 heterocycles. The second-order valence-corrected chi connectivity index (χ2v) is 6.05. The lowest BCUT2D eigenvalue weighted by Gasteiger charge is -2.27. The van der Waals surface area contributed by atoms with Gasteiger partial charge in [0.25, 0.3) is 0 Å². The summed E-state index contributed by atoms with van der Waals surface area (Å²) >= 11 is 0. The van der Waals surface area contributed by atoms with E-state index < -0.39 is 17.6 Å². The van der Waals surface area contributed by atoms with Crippen molar-refractivity contribution < 1.29 is 17.6 Å². The van der Waals surface area contributed by atoms with Gasteiger partial charge in [-0.15, -0.1) is 0 Å². The topological polar surface area (TPSA) is 77.0 Å². The van der Waals surface area contributed by atoms with Crippen molar-refractivity contribution in [1.29, 1.82) is 0 Å². The Morgan fingerprint density at radius 1 is 1.24 bits per heavy atom. The van der Waals surface area contributed by atoms with Crippen LogP contribution >= 0.6 is 0 Å². The van der Waals surface area contributed by atoms with Crippen molar-refractivity contribution >= 4 is 22.7 Å². The number of anilines is 2. The third kappa shape index (κ3) is 2.77. The maximum Gasteiger partial charge on any atom is 0.421 e. The van der Waals surface area contributed by atoms with E-state index in [0.717, 1.165) is 35.8 Å². The molecule has 5 nitrogen and oxygen atoms in total. The first-order chi connectivity index (χ1) is 11.9. The molecule has 0 aliphatic heterocycles. The number of nitrogens with zero attached hydrogens (tertiary/aromatic N) is 2. The smallest absolute Gasteiger partial charge is 0.421 e. The Balaban J connectivity index is 1.69. The molecule has 1 atom stereocenters. The number of furan rings is 1. The first-order valence-electron chi connectivity index (χ1n) is 7.88. The van der Waals surface area contributed by atoms with Crippen LogP contribution in [0.4, 0.5) is 24.9 Å². The highest BCUT2D eigenvalue weighted by Crippen LogP contribution is 2.38. The summed E-state index contributed by atoms with van der Waals surface area (Å²) in [4.78, 5) is 7.58. The van der Waals surface area contributed by atoms with Crippen LogP contribution in [0.2, 0.25) is 0 Å². The molecule has 0 fully saturated rings. The zero-order valence-corrected chi connectivity index (χ0v) is 13.1. The summed E-state index contributed by atoms with van der Waals surface area (Å²) in [5.41, 5.74) is 7.48. The molecule has 25 heavy (non-hydrogen) atoms. The third-order valence-electron chi connectivity index (χ3n) is 4.48. The van der Waals surface area contributed by atoms with Gasteiger partial charge in [0.2, 0.25) is 5.95 Å². The molecule has 0 saturated heterocycles. The quantitative estimate of drug-likeness (QED) is 0.721. The van der Waals surface area contributed by atoms with E-state index in [4.69, 9.17) is 10.2 Å². The summed E-state index contributed by atoms with van der Waals surface area (Å²) in [6.45, 7) is 0. The molecule has 0 amide bonds. The molecule has 1 aromatic carbocycles. The fourth-order valence-corrected chi connectivity index (χ4v) is 3.37. The van der Waals surface area contributed by atoms with Gasteiger partial charge in [0.1, 0.15) is 17.0 Å². The van der Waals surface area contributed by atoms with Gasteiger partial charge in [0, 0.05) is 11.6 Å². The fraction of sp³-hybridized carbons (Fsp3) is 0.294. The van der Waals surface area contributed by atoms with Gasteiger partial charge >= 0.3 is 6.18 Å². The number of halogens is 3. The average molecular weight is 348 g/mol. The van der Waals surface area contributed by atoms with Crippen molar-refractivity contribution in [2.24, 2.45) is 0 Å². The van der Waals surface area contributed by atoms with Crippen molar-refractivity contribution in [1.82, 2.24) is 9.97 Å². The van der Waals surface area contributed by atoms with Crippen LogP contribution in [-0.2, 0) is 12.6 Å². The highest BCUT2D eigenvalue weighted by Gasteiger charge is 2.34. The highest BCUT2D eigenvalue weighted by molar-refractivity contribution is 5.83. The van der Waals surface area contributed by atoms with Crippen molar-refractivity contribution in [3.05, 3.63) is 47.3 Å². The number of aromatic nitrogens is 2. The lowest BCUT2D eigenvalue weighted by molar-refractivity contribution is -0.137. The second-order valence-electron chi connectivity index (χ2n) is 6.05. The second kappa shape index (κ2) is 5.65. The number of aryl methyl sites for hydroxylation is 1. The van der Waals surface area contributed by atoms with Gasteiger partial charge in [-0.25, -0.2) is 4.98 Å². The monoisotopic (exact) mass is 348 g/mol. The summed E-state index contributed by atoms with van der Waals surface area (Å²) in [5.74, 6) is -0.494. The van der Waals surface area contributed by atoms with Gasteiger partial charge in [-0.3, -0.25) is 0 Å². The molecule has 1 aliphatic carbocycles. The molecule has 0 unspecified atom stereocenters. The third-order valence-corrected chi connectivity index (χ3v) is 4.48.